The van der Waals surface area contributed by atoms with E-state index in [0.29, 0.717) is 0 Å². The number of aromatic nitrogens is 1. The summed E-state index contributed by atoms with van der Waals surface area (Å²) in [6.07, 6.45) is 0. The van der Waals surface area contributed by atoms with E-state index >= 15 is 0 Å². The van der Waals surface area contributed by atoms with Crippen molar-refractivity contribution in [1.29, 1.82) is 0 Å². The average Bonchev–Trinajstić information content (AvgIpc) is 3.36. The third kappa shape index (κ3) is 10.3. The summed E-state index contributed by atoms with van der Waals surface area (Å²) < 4.78 is 7.25. The number of hydrogen-bond acceptors (Lipinski definition) is 2. The molecule has 4 aromatic rings. The van der Waals surface area contributed by atoms with Crippen LogP contribution in [0.3, 0.4) is 0 Å². The van der Waals surface area contributed by atoms with Gasteiger partial charge in [0, 0.05) is 28.2 Å². The predicted octanol–water partition coefficient (Wildman–Crippen LogP) is 8.21. The van der Waals surface area contributed by atoms with Gasteiger partial charge in [-0.15, -0.1) is 11.3 Å². The number of hydrogen-bond donors (Lipinski definition) is 0. The SMILES string of the molecule is Cc1ccc(C)cc1.Cc1ccc(C)n1C.Cc1ccc(C)o1.Cc1ccc(C)s1. The van der Waals surface area contributed by atoms with Gasteiger partial charge in [0.05, 0.1) is 0 Å². The van der Waals surface area contributed by atoms with Crippen LogP contribution in [0.1, 0.15) is 43.8 Å². The molecule has 1 aromatic carbocycles. The summed E-state index contributed by atoms with van der Waals surface area (Å²) in [7, 11) is 2.07. The summed E-state index contributed by atoms with van der Waals surface area (Å²) in [5, 5.41) is 0. The second-order valence-electron chi connectivity index (χ2n) is 7.64. The first kappa shape index (κ1) is 25.5. The van der Waals surface area contributed by atoms with Gasteiger partial charge in [0.25, 0.3) is 0 Å². The van der Waals surface area contributed by atoms with Crippen LogP contribution in [0.5, 0.6) is 0 Å². The van der Waals surface area contributed by atoms with Gasteiger partial charge >= 0.3 is 0 Å². The fourth-order valence-electron chi connectivity index (χ4n) is 2.49. The normalized spacial score (nSPS) is 9.50. The third-order valence-corrected chi connectivity index (χ3v) is 5.51. The van der Waals surface area contributed by atoms with E-state index in [9.17, 15) is 0 Å². The molecule has 0 fully saturated rings. The van der Waals surface area contributed by atoms with Crippen LogP contribution in [-0.2, 0) is 7.05 Å². The first-order valence-corrected chi connectivity index (χ1v) is 11.1. The number of nitrogens with zero attached hydrogens (tertiary/aromatic N) is 1. The molecule has 3 heterocycles. The Kier molecular flexibility index (Phi) is 11.0. The molecule has 0 spiro atoms. The van der Waals surface area contributed by atoms with E-state index in [-0.39, 0.29) is 0 Å². The Morgan fingerprint density at radius 3 is 1.07 bits per heavy atom. The molecule has 30 heavy (non-hydrogen) atoms. The van der Waals surface area contributed by atoms with E-state index in [4.69, 9.17) is 4.42 Å². The summed E-state index contributed by atoms with van der Waals surface area (Å²) in [6, 6.07) is 20.9. The van der Waals surface area contributed by atoms with Gasteiger partial charge in [0.15, 0.2) is 0 Å². The van der Waals surface area contributed by atoms with Crippen LogP contribution in [0.4, 0.5) is 0 Å². The van der Waals surface area contributed by atoms with Gasteiger partial charge in [-0.25, -0.2) is 0 Å². The second kappa shape index (κ2) is 12.9. The summed E-state index contributed by atoms with van der Waals surface area (Å²) in [5.41, 5.74) is 5.30. The van der Waals surface area contributed by atoms with Gasteiger partial charge in [-0.2, -0.15) is 0 Å². The minimum atomic E-state index is 0.984. The van der Waals surface area contributed by atoms with Crippen molar-refractivity contribution in [2.24, 2.45) is 7.05 Å². The summed E-state index contributed by atoms with van der Waals surface area (Å²) >= 11 is 1.84. The zero-order valence-electron chi connectivity index (χ0n) is 20.0. The number of benzene rings is 1. The number of rotatable bonds is 0. The van der Waals surface area contributed by atoms with Gasteiger partial charge in [-0.1, -0.05) is 35.4 Å². The first-order valence-electron chi connectivity index (χ1n) is 10.3. The highest BCUT2D eigenvalue weighted by Crippen LogP contribution is 2.12. The summed E-state index contributed by atoms with van der Waals surface area (Å²) in [4.78, 5) is 2.80. The number of furan rings is 1. The molecule has 0 unspecified atom stereocenters. The predicted molar refractivity (Wildman–Crippen MR) is 133 cm³/mol. The molecule has 3 heteroatoms. The molecule has 0 amide bonds. The molecule has 2 nitrogen and oxygen atoms in total. The zero-order chi connectivity index (χ0) is 22.7. The van der Waals surface area contributed by atoms with Gasteiger partial charge < -0.3 is 8.98 Å². The first-order chi connectivity index (χ1) is 14.1. The Labute approximate surface area is 187 Å². The van der Waals surface area contributed by atoms with E-state index < -0.39 is 0 Å². The lowest BCUT2D eigenvalue weighted by molar-refractivity contribution is 0.504. The molecule has 0 saturated heterocycles. The molecule has 0 radical (unpaired) electrons. The van der Waals surface area contributed by atoms with E-state index in [1.54, 1.807) is 0 Å². The van der Waals surface area contributed by atoms with Gasteiger partial charge in [0.2, 0.25) is 0 Å². The van der Waals surface area contributed by atoms with Crippen LogP contribution in [0.15, 0.2) is 65.1 Å². The molecule has 0 saturated carbocycles. The second-order valence-corrected chi connectivity index (χ2v) is 9.14. The molecule has 3 aromatic heterocycles. The van der Waals surface area contributed by atoms with Gasteiger partial charge in [-0.05, 0) is 91.8 Å². The maximum Gasteiger partial charge on any atom is 0.101 e. The maximum absolute atomic E-state index is 5.08. The Morgan fingerprint density at radius 1 is 0.533 bits per heavy atom. The molecular weight excluding hydrogens is 386 g/mol. The van der Waals surface area contributed by atoms with E-state index in [1.807, 2.05) is 37.3 Å². The quantitative estimate of drug-likeness (QED) is 0.279. The molecule has 0 N–H and O–H groups in total. The largest absolute Gasteiger partial charge is 0.467 e. The third-order valence-electron chi connectivity index (χ3n) is 4.59. The molecular formula is C27H37NOS. The van der Waals surface area contributed by atoms with Crippen LogP contribution in [0.25, 0.3) is 0 Å². The lowest BCUT2D eigenvalue weighted by Crippen LogP contribution is -1.91. The minimum absolute atomic E-state index is 0.984. The monoisotopic (exact) mass is 423 g/mol. The van der Waals surface area contributed by atoms with Crippen molar-refractivity contribution in [2.45, 2.75) is 55.4 Å². The summed E-state index contributed by atoms with van der Waals surface area (Å²) in [5.74, 6) is 1.97. The van der Waals surface area contributed by atoms with Crippen molar-refractivity contribution in [3.8, 4) is 0 Å². The zero-order valence-corrected chi connectivity index (χ0v) is 20.9. The number of thiophene rings is 1. The maximum atomic E-state index is 5.08. The Hall–Kier alpha value is -2.52. The highest BCUT2D eigenvalue weighted by Gasteiger charge is 1.91. The van der Waals surface area contributed by atoms with Crippen molar-refractivity contribution < 1.29 is 4.42 Å². The Balaban J connectivity index is 0.000000200. The van der Waals surface area contributed by atoms with Crippen molar-refractivity contribution in [3.63, 3.8) is 0 Å². The van der Waals surface area contributed by atoms with E-state index in [0.717, 1.165) is 11.5 Å². The highest BCUT2D eigenvalue weighted by atomic mass is 32.1. The minimum Gasteiger partial charge on any atom is -0.467 e. The van der Waals surface area contributed by atoms with E-state index in [1.165, 1.54) is 32.3 Å². The molecule has 0 atom stereocenters. The fourth-order valence-corrected chi connectivity index (χ4v) is 3.27. The van der Waals surface area contributed by atoms with Crippen LogP contribution in [-0.4, -0.2) is 4.57 Å². The van der Waals surface area contributed by atoms with Crippen LogP contribution < -0.4 is 0 Å². The highest BCUT2D eigenvalue weighted by molar-refractivity contribution is 7.11. The Bertz CT molecular complexity index is 874. The Morgan fingerprint density at radius 2 is 0.900 bits per heavy atom. The van der Waals surface area contributed by atoms with Crippen molar-refractivity contribution in [2.75, 3.05) is 0 Å². The standard InChI is InChI=1S/C8H10.C7H11N.C6H8O.C6H8S/c1-7-3-5-8(2)6-4-7;1-6-4-5-7(2)8(6)3;2*1-5-3-4-6(2)7-5/h3-6H,1-2H3;4-5H,1-3H3;2*3-4H,1-2H3. The van der Waals surface area contributed by atoms with Crippen LogP contribution in [0, 0.1) is 55.4 Å². The van der Waals surface area contributed by atoms with Crippen molar-refractivity contribution in [1.82, 2.24) is 4.57 Å². The van der Waals surface area contributed by atoms with Gasteiger partial charge in [-0.3, -0.25) is 0 Å². The van der Waals surface area contributed by atoms with Crippen molar-refractivity contribution in [3.05, 3.63) is 104 Å². The smallest absolute Gasteiger partial charge is 0.101 e. The average molecular weight is 424 g/mol. The lowest BCUT2D eigenvalue weighted by atomic mass is 10.2. The molecule has 0 aliphatic heterocycles. The topological polar surface area (TPSA) is 18.1 Å². The van der Waals surface area contributed by atoms with Crippen LogP contribution in [0.2, 0.25) is 0 Å². The molecule has 0 bridgehead atoms. The number of aryl methyl sites for hydroxylation is 8. The van der Waals surface area contributed by atoms with E-state index in [2.05, 4.69) is 102 Å². The van der Waals surface area contributed by atoms with Crippen molar-refractivity contribution >= 4 is 11.3 Å². The molecule has 0 aliphatic carbocycles. The van der Waals surface area contributed by atoms with Gasteiger partial charge in [0.1, 0.15) is 11.5 Å². The fraction of sp³-hybridized carbons (Fsp3) is 0.333. The molecule has 0 aliphatic rings. The molecule has 162 valence electrons. The van der Waals surface area contributed by atoms with Crippen LogP contribution >= 0.6 is 11.3 Å². The lowest BCUT2D eigenvalue weighted by Gasteiger charge is -1.96. The summed E-state index contributed by atoms with van der Waals surface area (Å²) in [6.45, 7) is 16.5. The molecule has 4 rings (SSSR count).